The molecule has 4 nitrogen and oxygen atoms in total. The lowest BCUT2D eigenvalue weighted by atomic mass is 10.1. The molecule has 0 aliphatic rings. The lowest BCUT2D eigenvalue weighted by Crippen LogP contribution is -2.18. The fourth-order valence-corrected chi connectivity index (χ4v) is 1.27. The maximum absolute atomic E-state index is 11.4. The molecular formula is C14H18N2O2. The summed E-state index contributed by atoms with van der Waals surface area (Å²) in [5, 5.41) is 0. The van der Waals surface area contributed by atoms with Gasteiger partial charge < -0.3 is 15.4 Å². The summed E-state index contributed by atoms with van der Waals surface area (Å²) in [6.07, 6.45) is 4.87. The number of anilines is 1. The molecule has 0 radical (unpaired) electrons. The van der Waals surface area contributed by atoms with Crippen LogP contribution in [0.3, 0.4) is 0 Å². The van der Waals surface area contributed by atoms with Gasteiger partial charge in [0.1, 0.15) is 12.4 Å². The van der Waals surface area contributed by atoms with Gasteiger partial charge in [-0.1, -0.05) is 18.7 Å². The number of amides is 1. The Morgan fingerprint density at radius 2 is 2.22 bits per heavy atom. The van der Waals surface area contributed by atoms with Crippen LogP contribution in [0.25, 0.3) is 6.08 Å². The molecule has 0 bridgehead atoms. The SMILES string of the molecule is C=CCOc1ccc(/C=C\C(=O)N(C)C)cc1N. The Balaban J connectivity index is 2.78. The Labute approximate surface area is 107 Å². The molecule has 0 spiro atoms. The Hall–Kier alpha value is -2.23. The normalized spacial score (nSPS) is 10.3. The van der Waals surface area contributed by atoms with Gasteiger partial charge in [-0.2, -0.15) is 0 Å². The number of likely N-dealkylation sites (N-methyl/N-ethyl adjacent to an activating group) is 1. The highest BCUT2D eigenvalue weighted by molar-refractivity contribution is 5.91. The van der Waals surface area contributed by atoms with Crippen LogP contribution in [0.2, 0.25) is 0 Å². The summed E-state index contributed by atoms with van der Waals surface area (Å²) < 4.78 is 5.36. The van der Waals surface area contributed by atoms with Crippen LogP contribution in [-0.4, -0.2) is 31.5 Å². The molecule has 0 saturated carbocycles. The number of nitrogen functional groups attached to an aromatic ring is 1. The first-order valence-corrected chi connectivity index (χ1v) is 5.57. The number of benzene rings is 1. The van der Waals surface area contributed by atoms with Crippen molar-refractivity contribution < 1.29 is 9.53 Å². The second kappa shape index (κ2) is 6.49. The minimum absolute atomic E-state index is 0.0689. The molecule has 0 aromatic heterocycles. The summed E-state index contributed by atoms with van der Waals surface area (Å²) in [7, 11) is 3.40. The van der Waals surface area contributed by atoms with E-state index in [2.05, 4.69) is 6.58 Å². The molecule has 4 heteroatoms. The zero-order valence-electron chi connectivity index (χ0n) is 10.7. The van der Waals surface area contributed by atoms with E-state index >= 15 is 0 Å². The molecule has 0 heterocycles. The molecule has 18 heavy (non-hydrogen) atoms. The summed E-state index contributed by atoms with van der Waals surface area (Å²) in [6.45, 7) is 3.98. The van der Waals surface area contributed by atoms with Gasteiger partial charge in [0.15, 0.2) is 0 Å². The van der Waals surface area contributed by atoms with Gasteiger partial charge in [-0.15, -0.1) is 0 Å². The van der Waals surface area contributed by atoms with E-state index in [1.54, 1.807) is 38.4 Å². The number of nitrogens with zero attached hydrogens (tertiary/aromatic N) is 1. The maximum Gasteiger partial charge on any atom is 0.246 e. The lowest BCUT2D eigenvalue weighted by Gasteiger charge is -2.08. The largest absolute Gasteiger partial charge is 0.487 e. The van der Waals surface area contributed by atoms with Crippen molar-refractivity contribution in [3.8, 4) is 5.75 Å². The fraction of sp³-hybridized carbons (Fsp3) is 0.214. The van der Waals surface area contributed by atoms with Crippen LogP contribution in [0.5, 0.6) is 5.75 Å². The molecule has 1 aromatic carbocycles. The molecule has 1 aromatic rings. The first kappa shape index (κ1) is 13.8. The molecule has 0 fully saturated rings. The summed E-state index contributed by atoms with van der Waals surface area (Å²) in [4.78, 5) is 12.9. The maximum atomic E-state index is 11.4. The van der Waals surface area contributed by atoms with E-state index in [1.165, 1.54) is 11.0 Å². The van der Waals surface area contributed by atoms with Crippen molar-refractivity contribution in [3.63, 3.8) is 0 Å². The molecule has 1 amide bonds. The average molecular weight is 246 g/mol. The zero-order chi connectivity index (χ0) is 13.5. The average Bonchev–Trinajstić information content (AvgIpc) is 2.34. The van der Waals surface area contributed by atoms with Gasteiger partial charge >= 0.3 is 0 Å². The van der Waals surface area contributed by atoms with Crippen molar-refractivity contribution in [1.82, 2.24) is 4.90 Å². The third-order valence-electron chi connectivity index (χ3n) is 2.25. The molecule has 1 rings (SSSR count). The van der Waals surface area contributed by atoms with E-state index < -0.39 is 0 Å². The van der Waals surface area contributed by atoms with Crippen LogP contribution in [0.1, 0.15) is 5.56 Å². The Bertz CT molecular complexity index is 465. The molecule has 0 unspecified atom stereocenters. The molecule has 0 aliphatic carbocycles. The molecule has 96 valence electrons. The first-order chi connectivity index (χ1) is 8.54. The second-order valence-electron chi connectivity index (χ2n) is 3.96. The van der Waals surface area contributed by atoms with Crippen LogP contribution in [-0.2, 0) is 4.79 Å². The number of hydrogen-bond acceptors (Lipinski definition) is 3. The van der Waals surface area contributed by atoms with E-state index in [0.29, 0.717) is 18.0 Å². The van der Waals surface area contributed by atoms with Gasteiger partial charge in [0.2, 0.25) is 5.91 Å². The van der Waals surface area contributed by atoms with Crippen molar-refractivity contribution in [2.75, 3.05) is 26.4 Å². The van der Waals surface area contributed by atoms with Crippen LogP contribution < -0.4 is 10.5 Å². The summed E-state index contributed by atoms with van der Waals surface area (Å²) in [5.41, 5.74) is 7.23. The highest BCUT2D eigenvalue weighted by Crippen LogP contribution is 2.23. The van der Waals surface area contributed by atoms with Crippen LogP contribution in [0, 0.1) is 0 Å². The van der Waals surface area contributed by atoms with Crippen molar-refractivity contribution >= 4 is 17.7 Å². The third-order valence-corrected chi connectivity index (χ3v) is 2.25. The number of carbonyl (C=O) groups is 1. The number of carbonyl (C=O) groups excluding carboxylic acids is 1. The minimum atomic E-state index is -0.0689. The monoisotopic (exact) mass is 246 g/mol. The molecule has 2 N–H and O–H groups in total. The predicted octanol–water partition coefficient (Wildman–Crippen LogP) is 1.94. The van der Waals surface area contributed by atoms with Crippen molar-refractivity contribution in [2.24, 2.45) is 0 Å². The molecule has 0 aliphatic heterocycles. The lowest BCUT2D eigenvalue weighted by molar-refractivity contribution is -0.123. The van der Waals surface area contributed by atoms with Gasteiger partial charge in [-0.3, -0.25) is 4.79 Å². The molecular weight excluding hydrogens is 228 g/mol. The van der Waals surface area contributed by atoms with Crippen LogP contribution in [0.15, 0.2) is 36.9 Å². The Morgan fingerprint density at radius 1 is 1.50 bits per heavy atom. The Kier molecular flexibility index (Phi) is 4.99. The van der Waals surface area contributed by atoms with E-state index in [1.807, 2.05) is 6.07 Å². The molecule has 0 atom stereocenters. The van der Waals surface area contributed by atoms with E-state index in [4.69, 9.17) is 10.5 Å². The third kappa shape index (κ3) is 3.97. The van der Waals surface area contributed by atoms with Crippen molar-refractivity contribution in [3.05, 3.63) is 42.5 Å². The summed E-state index contributed by atoms with van der Waals surface area (Å²) in [6, 6.07) is 5.38. The van der Waals surface area contributed by atoms with Crippen molar-refractivity contribution in [1.29, 1.82) is 0 Å². The highest BCUT2D eigenvalue weighted by atomic mass is 16.5. The quantitative estimate of drug-likeness (QED) is 0.490. The summed E-state index contributed by atoms with van der Waals surface area (Å²) >= 11 is 0. The predicted molar refractivity (Wildman–Crippen MR) is 74.3 cm³/mol. The fourth-order valence-electron chi connectivity index (χ4n) is 1.27. The number of ether oxygens (including phenoxy) is 1. The van der Waals surface area contributed by atoms with Gasteiger partial charge in [0, 0.05) is 20.2 Å². The highest BCUT2D eigenvalue weighted by Gasteiger charge is 2.01. The standard InChI is InChI=1S/C14H18N2O2/c1-4-9-18-13-7-5-11(10-12(13)15)6-8-14(17)16(2)3/h4-8,10H,1,9,15H2,2-3H3/b8-6-. The van der Waals surface area contributed by atoms with Gasteiger partial charge in [-0.05, 0) is 23.8 Å². The number of nitrogens with two attached hydrogens (primary N) is 1. The second-order valence-corrected chi connectivity index (χ2v) is 3.96. The zero-order valence-corrected chi connectivity index (χ0v) is 10.7. The van der Waals surface area contributed by atoms with Gasteiger partial charge in [0.25, 0.3) is 0 Å². The molecule has 0 saturated heterocycles. The summed E-state index contributed by atoms with van der Waals surface area (Å²) in [5.74, 6) is 0.548. The van der Waals surface area contributed by atoms with E-state index in [-0.39, 0.29) is 5.91 Å². The van der Waals surface area contributed by atoms with Crippen LogP contribution in [0.4, 0.5) is 5.69 Å². The number of rotatable bonds is 5. The van der Waals surface area contributed by atoms with Crippen LogP contribution >= 0.6 is 0 Å². The Morgan fingerprint density at radius 3 is 2.78 bits per heavy atom. The van der Waals surface area contributed by atoms with Crippen molar-refractivity contribution in [2.45, 2.75) is 0 Å². The van der Waals surface area contributed by atoms with E-state index in [9.17, 15) is 4.79 Å². The van der Waals surface area contributed by atoms with E-state index in [0.717, 1.165) is 5.56 Å². The topological polar surface area (TPSA) is 55.6 Å². The minimum Gasteiger partial charge on any atom is -0.487 e. The van der Waals surface area contributed by atoms with Gasteiger partial charge in [-0.25, -0.2) is 0 Å². The number of hydrogen-bond donors (Lipinski definition) is 1. The smallest absolute Gasteiger partial charge is 0.246 e. The first-order valence-electron chi connectivity index (χ1n) is 5.57. The van der Waals surface area contributed by atoms with Gasteiger partial charge in [0.05, 0.1) is 5.69 Å².